The molecule has 0 aliphatic rings. The number of ether oxygens (including phenoxy) is 1. The molecule has 0 aromatic heterocycles. The summed E-state index contributed by atoms with van der Waals surface area (Å²) in [7, 11) is 1.66. The number of hydrogen-bond donors (Lipinski definition) is 2. The molecule has 0 heterocycles. The van der Waals surface area contributed by atoms with Crippen molar-refractivity contribution in [2.24, 2.45) is 16.0 Å². The Kier molecular flexibility index (Phi) is 5.03. The Morgan fingerprint density at radius 3 is 2.54 bits per heavy atom. The van der Waals surface area contributed by atoms with Crippen LogP contribution >= 0.6 is 0 Å². The molecule has 5 nitrogen and oxygen atoms in total. The summed E-state index contributed by atoms with van der Waals surface area (Å²) < 4.78 is 5.34. The Morgan fingerprint density at radius 1 is 0.958 bits per heavy atom. The number of nitrogens with zero attached hydrogens (tertiary/aromatic N) is 2. The van der Waals surface area contributed by atoms with E-state index in [-0.39, 0.29) is 0 Å². The van der Waals surface area contributed by atoms with E-state index in [1.807, 2.05) is 60.7 Å². The highest BCUT2D eigenvalue weighted by Crippen LogP contribution is 2.35. The summed E-state index contributed by atoms with van der Waals surface area (Å²) in [5.41, 5.74) is 8.24. The van der Waals surface area contributed by atoms with Crippen LogP contribution in [0.5, 0.6) is 5.75 Å². The lowest BCUT2D eigenvalue weighted by atomic mass is 10.1. The summed E-state index contributed by atoms with van der Waals surface area (Å²) in [6, 6.07) is 19.6. The van der Waals surface area contributed by atoms with Gasteiger partial charge in [-0.1, -0.05) is 18.2 Å². The fourth-order valence-electron chi connectivity index (χ4n) is 2.49. The van der Waals surface area contributed by atoms with E-state index in [0.717, 1.165) is 33.6 Å². The third-order valence-electron chi connectivity index (χ3n) is 3.69. The van der Waals surface area contributed by atoms with Gasteiger partial charge in [0, 0.05) is 29.5 Å². The van der Waals surface area contributed by atoms with Gasteiger partial charge in [-0.25, -0.2) is 0 Å². The van der Waals surface area contributed by atoms with Gasteiger partial charge in [0.15, 0.2) is 0 Å². The molecule has 0 aliphatic heterocycles. The van der Waals surface area contributed by atoms with Crippen LogP contribution in [0.25, 0.3) is 10.8 Å². The number of rotatable bonds is 6. The van der Waals surface area contributed by atoms with Crippen LogP contribution in [0.4, 0.5) is 17.1 Å². The predicted molar refractivity (Wildman–Crippen MR) is 98.7 cm³/mol. The largest absolute Gasteiger partial charge is 0.497 e. The summed E-state index contributed by atoms with van der Waals surface area (Å²) in [5, 5.41) is 14.1. The van der Waals surface area contributed by atoms with E-state index in [0.29, 0.717) is 13.1 Å². The summed E-state index contributed by atoms with van der Waals surface area (Å²) in [4.78, 5) is 0. The molecule has 3 aromatic carbocycles. The van der Waals surface area contributed by atoms with E-state index in [9.17, 15) is 0 Å². The van der Waals surface area contributed by atoms with E-state index in [4.69, 9.17) is 10.5 Å². The van der Waals surface area contributed by atoms with Gasteiger partial charge in [0.1, 0.15) is 5.75 Å². The minimum absolute atomic E-state index is 0.570. The van der Waals surface area contributed by atoms with Crippen LogP contribution in [-0.2, 0) is 0 Å². The molecule has 0 bridgehead atoms. The van der Waals surface area contributed by atoms with Gasteiger partial charge in [0.2, 0.25) is 0 Å². The summed E-state index contributed by atoms with van der Waals surface area (Å²) in [5.74, 6) is 0.801. The van der Waals surface area contributed by atoms with Crippen LogP contribution in [0, 0.1) is 0 Å². The zero-order valence-corrected chi connectivity index (χ0v) is 13.6. The van der Waals surface area contributed by atoms with Crippen molar-refractivity contribution in [1.29, 1.82) is 0 Å². The molecular formula is C19H20N4O. The Labute approximate surface area is 141 Å². The lowest BCUT2D eigenvalue weighted by molar-refractivity contribution is 0.415. The Hall–Kier alpha value is -2.92. The normalized spacial score (nSPS) is 11.1. The van der Waals surface area contributed by atoms with Crippen molar-refractivity contribution in [3.8, 4) is 5.75 Å². The highest BCUT2D eigenvalue weighted by atomic mass is 16.5. The molecule has 0 saturated heterocycles. The number of hydrogen-bond acceptors (Lipinski definition) is 5. The van der Waals surface area contributed by atoms with Gasteiger partial charge in [0.05, 0.1) is 18.5 Å². The number of azo groups is 1. The predicted octanol–water partition coefficient (Wildman–Crippen LogP) is 4.63. The van der Waals surface area contributed by atoms with Crippen molar-refractivity contribution in [2.75, 3.05) is 25.5 Å². The van der Waals surface area contributed by atoms with Crippen molar-refractivity contribution >= 4 is 27.8 Å². The lowest BCUT2D eigenvalue weighted by Gasteiger charge is -2.11. The molecule has 0 radical (unpaired) electrons. The first-order valence-electron chi connectivity index (χ1n) is 7.83. The maximum Gasteiger partial charge on any atom is 0.119 e. The molecule has 0 saturated carbocycles. The van der Waals surface area contributed by atoms with Crippen LogP contribution in [0.3, 0.4) is 0 Å². The third-order valence-corrected chi connectivity index (χ3v) is 3.69. The van der Waals surface area contributed by atoms with Gasteiger partial charge in [-0.2, -0.15) is 5.11 Å². The molecule has 5 heteroatoms. The topological polar surface area (TPSA) is 72.0 Å². The highest BCUT2D eigenvalue weighted by molar-refractivity contribution is 6.01. The second kappa shape index (κ2) is 7.57. The van der Waals surface area contributed by atoms with E-state index < -0.39 is 0 Å². The maximum atomic E-state index is 5.60. The average Bonchev–Trinajstić information content (AvgIpc) is 2.65. The molecule has 24 heavy (non-hydrogen) atoms. The number of anilines is 1. The monoisotopic (exact) mass is 320 g/mol. The molecule has 0 unspecified atom stereocenters. The van der Waals surface area contributed by atoms with Crippen molar-refractivity contribution in [3.63, 3.8) is 0 Å². The smallest absolute Gasteiger partial charge is 0.119 e. The molecular weight excluding hydrogens is 300 g/mol. The first kappa shape index (κ1) is 16.0. The first-order chi connectivity index (χ1) is 11.8. The van der Waals surface area contributed by atoms with Gasteiger partial charge in [-0.15, -0.1) is 5.11 Å². The van der Waals surface area contributed by atoms with Crippen LogP contribution in [-0.4, -0.2) is 20.2 Å². The number of benzene rings is 3. The van der Waals surface area contributed by atoms with Crippen molar-refractivity contribution in [1.82, 2.24) is 0 Å². The second-order valence-corrected chi connectivity index (χ2v) is 5.29. The Morgan fingerprint density at radius 2 is 1.79 bits per heavy atom. The van der Waals surface area contributed by atoms with Crippen molar-refractivity contribution < 1.29 is 4.74 Å². The van der Waals surface area contributed by atoms with Gasteiger partial charge in [-0.05, 0) is 42.5 Å². The number of nitrogens with one attached hydrogen (secondary N) is 1. The maximum absolute atomic E-state index is 5.60. The van der Waals surface area contributed by atoms with Crippen molar-refractivity contribution in [3.05, 3.63) is 60.7 Å². The molecule has 0 amide bonds. The van der Waals surface area contributed by atoms with Gasteiger partial charge in [0.25, 0.3) is 0 Å². The molecule has 0 spiro atoms. The molecule has 0 atom stereocenters. The standard InChI is InChI=1S/C19H20N4O/c1-24-15-7-8-16-17(13-15)18(21-12-11-20)9-10-19(16)23-22-14-5-3-2-4-6-14/h2-10,13,21H,11-12,20H2,1H3. The molecule has 3 aromatic rings. The van der Waals surface area contributed by atoms with Crippen LogP contribution in [0.2, 0.25) is 0 Å². The fourth-order valence-corrected chi connectivity index (χ4v) is 2.49. The van der Waals surface area contributed by atoms with Gasteiger partial charge in [-0.3, -0.25) is 0 Å². The highest BCUT2D eigenvalue weighted by Gasteiger charge is 2.07. The fraction of sp³-hybridized carbons (Fsp3) is 0.158. The first-order valence-corrected chi connectivity index (χ1v) is 7.83. The second-order valence-electron chi connectivity index (χ2n) is 5.29. The number of methoxy groups -OCH3 is 1. The Bertz CT molecular complexity index is 847. The zero-order valence-electron chi connectivity index (χ0n) is 13.6. The summed E-state index contributed by atoms with van der Waals surface area (Å²) in [6.07, 6.45) is 0. The van der Waals surface area contributed by atoms with Crippen molar-refractivity contribution in [2.45, 2.75) is 0 Å². The quantitative estimate of drug-likeness (QED) is 0.650. The van der Waals surface area contributed by atoms with Crippen LogP contribution in [0.15, 0.2) is 70.9 Å². The Balaban J connectivity index is 2.04. The van der Waals surface area contributed by atoms with E-state index in [2.05, 4.69) is 15.5 Å². The third kappa shape index (κ3) is 3.52. The van der Waals surface area contributed by atoms with Crippen LogP contribution < -0.4 is 15.8 Å². The van der Waals surface area contributed by atoms with Crippen LogP contribution in [0.1, 0.15) is 0 Å². The average molecular weight is 320 g/mol. The minimum Gasteiger partial charge on any atom is -0.497 e. The number of nitrogens with two attached hydrogens (primary N) is 1. The lowest BCUT2D eigenvalue weighted by Crippen LogP contribution is -2.13. The molecule has 3 N–H and O–H groups in total. The minimum atomic E-state index is 0.570. The van der Waals surface area contributed by atoms with Gasteiger partial charge >= 0.3 is 0 Å². The molecule has 3 rings (SSSR count). The number of fused-ring (bicyclic) bond motifs is 1. The zero-order chi connectivity index (χ0) is 16.8. The van der Waals surface area contributed by atoms with E-state index in [1.165, 1.54) is 0 Å². The molecule has 122 valence electrons. The molecule has 0 aliphatic carbocycles. The molecule has 0 fully saturated rings. The van der Waals surface area contributed by atoms with E-state index >= 15 is 0 Å². The van der Waals surface area contributed by atoms with E-state index in [1.54, 1.807) is 7.11 Å². The SMILES string of the molecule is COc1ccc2c(N=Nc3ccccc3)ccc(NCCN)c2c1. The summed E-state index contributed by atoms with van der Waals surface area (Å²) >= 11 is 0. The summed E-state index contributed by atoms with van der Waals surface area (Å²) in [6.45, 7) is 1.28. The van der Waals surface area contributed by atoms with Gasteiger partial charge < -0.3 is 15.8 Å².